The topological polar surface area (TPSA) is 29.5 Å². The molecule has 0 heterocycles. The summed E-state index contributed by atoms with van der Waals surface area (Å²) >= 11 is 14.1. The molecule has 1 unspecified atom stereocenters. The lowest BCUT2D eigenvalue weighted by Crippen LogP contribution is -2.04. The first-order chi connectivity index (χ1) is 9.43. The monoisotopic (exact) mass is 426 g/mol. The molecule has 0 saturated heterocycles. The first kappa shape index (κ1) is 15.8. The van der Waals surface area contributed by atoms with Gasteiger partial charge in [0.25, 0.3) is 0 Å². The van der Waals surface area contributed by atoms with Crippen LogP contribution in [0.15, 0.2) is 30.3 Å². The van der Waals surface area contributed by atoms with Gasteiger partial charge in [0.15, 0.2) is 0 Å². The molecule has 0 spiro atoms. The van der Waals surface area contributed by atoms with E-state index in [1.807, 2.05) is 22.6 Å². The Morgan fingerprint density at radius 3 is 2.45 bits per heavy atom. The fraction of sp³-hybridized carbons (Fsp3) is 0.143. The summed E-state index contributed by atoms with van der Waals surface area (Å²) in [6.45, 7) is 0. The zero-order chi connectivity index (χ0) is 14.9. The highest BCUT2D eigenvalue weighted by Gasteiger charge is 2.19. The smallest absolute Gasteiger partial charge is 0.138 e. The lowest BCUT2D eigenvalue weighted by molar-refractivity contribution is 0.219. The van der Waals surface area contributed by atoms with E-state index >= 15 is 0 Å². The van der Waals surface area contributed by atoms with E-state index < -0.39 is 6.10 Å². The number of rotatable bonds is 3. The summed E-state index contributed by atoms with van der Waals surface area (Å²) in [5.74, 6) is 0.0747. The fourth-order valence-corrected chi connectivity index (χ4v) is 3.08. The molecule has 0 fully saturated rings. The standard InChI is InChI=1S/C14H10Cl2FIO2/c1-20-13-6-10(15)9(5-11(13)16)14(19)8-3-2-7(17)4-12(8)18/h2-6,14,19H,1H3. The van der Waals surface area contributed by atoms with Gasteiger partial charge >= 0.3 is 0 Å². The molecule has 6 heteroatoms. The van der Waals surface area contributed by atoms with Gasteiger partial charge in [-0.05, 0) is 46.4 Å². The number of ether oxygens (including phenoxy) is 1. The average molecular weight is 427 g/mol. The summed E-state index contributed by atoms with van der Waals surface area (Å²) in [4.78, 5) is 0. The fourth-order valence-electron chi connectivity index (χ4n) is 1.80. The van der Waals surface area contributed by atoms with Crippen LogP contribution in [-0.2, 0) is 0 Å². The van der Waals surface area contributed by atoms with Gasteiger partial charge in [0.2, 0.25) is 0 Å². The minimum absolute atomic E-state index is 0.332. The van der Waals surface area contributed by atoms with E-state index in [0.29, 0.717) is 30.5 Å². The summed E-state index contributed by atoms with van der Waals surface area (Å²) in [6, 6.07) is 7.25. The van der Waals surface area contributed by atoms with Crippen molar-refractivity contribution in [1.29, 1.82) is 0 Å². The number of hydrogen-bond acceptors (Lipinski definition) is 2. The SMILES string of the molecule is COc1cc(Cl)c(C(O)c2ccc(F)cc2I)cc1Cl. The first-order valence-electron chi connectivity index (χ1n) is 5.60. The number of aliphatic hydroxyl groups excluding tert-OH is 1. The van der Waals surface area contributed by atoms with Crippen molar-refractivity contribution < 1.29 is 14.2 Å². The lowest BCUT2D eigenvalue weighted by atomic mass is 10.0. The highest BCUT2D eigenvalue weighted by molar-refractivity contribution is 14.1. The molecule has 0 aliphatic carbocycles. The molecule has 0 amide bonds. The first-order valence-corrected chi connectivity index (χ1v) is 7.43. The van der Waals surface area contributed by atoms with Crippen LogP contribution < -0.4 is 4.74 Å². The molecule has 1 atom stereocenters. The molecule has 2 aromatic rings. The third kappa shape index (κ3) is 3.19. The quantitative estimate of drug-likeness (QED) is 0.712. The minimum Gasteiger partial charge on any atom is -0.495 e. The highest BCUT2D eigenvalue weighted by atomic mass is 127. The molecule has 0 aliphatic heterocycles. The normalized spacial score (nSPS) is 12.3. The van der Waals surface area contributed by atoms with Crippen LogP contribution in [0.3, 0.4) is 0 Å². The summed E-state index contributed by atoms with van der Waals surface area (Å²) < 4.78 is 18.8. The zero-order valence-electron chi connectivity index (χ0n) is 10.3. The van der Waals surface area contributed by atoms with Crippen LogP contribution >= 0.6 is 45.8 Å². The number of halogens is 4. The van der Waals surface area contributed by atoms with E-state index in [2.05, 4.69) is 0 Å². The molecule has 1 N–H and O–H groups in total. The molecular formula is C14H10Cl2FIO2. The Labute approximate surface area is 139 Å². The summed E-state index contributed by atoms with van der Waals surface area (Å²) in [5.41, 5.74) is 1.01. The van der Waals surface area contributed by atoms with E-state index in [1.54, 1.807) is 12.1 Å². The van der Waals surface area contributed by atoms with Gasteiger partial charge in [0.1, 0.15) is 17.7 Å². The molecule has 2 nitrogen and oxygen atoms in total. The van der Waals surface area contributed by atoms with E-state index in [4.69, 9.17) is 27.9 Å². The Balaban J connectivity index is 2.48. The molecule has 20 heavy (non-hydrogen) atoms. The maximum atomic E-state index is 13.1. The van der Waals surface area contributed by atoms with Crippen molar-refractivity contribution in [2.75, 3.05) is 7.11 Å². The number of methoxy groups -OCH3 is 1. The Morgan fingerprint density at radius 1 is 1.15 bits per heavy atom. The molecule has 0 radical (unpaired) electrons. The van der Waals surface area contributed by atoms with E-state index in [1.165, 1.54) is 25.3 Å². The van der Waals surface area contributed by atoms with Crippen LogP contribution in [0.5, 0.6) is 5.75 Å². The molecule has 0 bridgehead atoms. The van der Waals surface area contributed by atoms with E-state index in [0.717, 1.165) is 0 Å². The van der Waals surface area contributed by atoms with Crippen LogP contribution in [0.25, 0.3) is 0 Å². The molecule has 0 saturated carbocycles. The van der Waals surface area contributed by atoms with Crippen molar-refractivity contribution in [3.8, 4) is 5.75 Å². The van der Waals surface area contributed by atoms with Crippen molar-refractivity contribution in [3.63, 3.8) is 0 Å². The Kier molecular flexibility index (Phi) is 5.12. The third-order valence-electron chi connectivity index (χ3n) is 2.82. The maximum Gasteiger partial charge on any atom is 0.138 e. The van der Waals surface area contributed by atoms with Crippen molar-refractivity contribution in [2.45, 2.75) is 6.10 Å². The van der Waals surface area contributed by atoms with Gasteiger partial charge in [-0.2, -0.15) is 0 Å². The van der Waals surface area contributed by atoms with E-state index in [9.17, 15) is 9.50 Å². The predicted octanol–water partition coefficient (Wildman–Crippen LogP) is 4.83. The van der Waals surface area contributed by atoms with Crippen molar-refractivity contribution in [2.24, 2.45) is 0 Å². The van der Waals surface area contributed by atoms with Crippen molar-refractivity contribution in [1.82, 2.24) is 0 Å². The number of benzene rings is 2. The van der Waals surface area contributed by atoms with Crippen LogP contribution in [-0.4, -0.2) is 12.2 Å². The molecule has 0 aromatic heterocycles. The summed E-state index contributed by atoms with van der Waals surface area (Å²) in [5, 5.41) is 11.1. The highest BCUT2D eigenvalue weighted by Crippen LogP contribution is 2.37. The van der Waals surface area contributed by atoms with Gasteiger partial charge in [0, 0.05) is 15.2 Å². The van der Waals surface area contributed by atoms with Crippen LogP contribution in [0, 0.1) is 9.39 Å². The van der Waals surface area contributed by atoms with Crippen LogP contribution in [0.1, 0.15) is 17.2 Å². The van der Waals surface area contributed by atoms with Gasteiger partial charge in [-0.15, -0.1) is 0 Å². The zero-order valence-corrected chi connectivity index (χ0v) is 14.0. The number of hydrogen-bond donors (Lipinski definition) is 1. The molecular weight excluding hydrogens is 417 g/mol. The van der Waals surface area contributed by atoms with Gasteiger partial charge < -0.3 is 9.84 Å². The summed E-state index contributed by atoms with van der Waals surface area (Å²) in [6.07, 6.45) is -0.988. The predicted molar refractivity (Wildman–Crippen MR) is 86.2 cm³/mol. The second-order valence-electron chi connectivity index (χ2n) is 4.08. The largest absolute Gasteiger partial charge is 0.495 e. The molecule has 106 valence electrons. The van der Waals surface area contributed by atoms with Crippen LogP contribution in [0.4, 0.5) is 4.39 Å². The van der Waals surface area contributed by atoms with E-state index in [-0.39, 0.29) is 5.82 Å². The summed E-state index contributed by atoms with van der Waals surface area (Å²) in [7, 11) is 1.48. The van der Waals surface area contributed by atoms with Gasteiger partial charge in [-0.25, -0.2) is 4.39 Å². The second-order valence-corrected chi connectivity index (χ2v) is 6.05. The van der Waals surface area contributed by atoms with Crippen molar-refractivity contribution >= 4 is 45.8 Å². The minimum atomic E-state index is -0.988. The maximum absolute atomic E-state index is 13.1. The Hall–Kier alpha value is -0.560. The molecule has 2 aromatic carbocycles. The Morgan fingerprint density at radius 2 is 1.85 bits per heavy atom. The lowest BCUT2D eigenvalue weighted by Gasteiger charge is -2.16. The van der Waals surface area contributed by atoms with Gasteiger partial charge in [-0.3, -0.25) is 0 Å². The Bertz CT molecular complexity index is 649. The van der Waals surface area contributed by atoms with Gasteiger partial charge in [-0.1, -0.05) is 29.3 Å². The number of aliphatic hydroxyl groups is 1. The average Bonchev–Trinajstić information content (AvgIpc) is 2.40. The van der Waals surface area contributed by atoms with Crippen molar-refractivity contribution in [3.05, 3.63) is 60.9 Å². The molecule has 0 aliphatic rings. The second kappa shape index (κ2) is 6.47. The van der Waals surface area contributed by atoms with Crippen LogP contribution in [0.2, 0.25) is 10.0 Å². The molecule has 2 rings (SSSR count). The van der Waals surface area contributed by atoms with Gasteiger partial charge in [0.05, 0.1) is 17.2 Å². The third-order valence-corrected chi connectivity index (χ3v) is 4.38.